The Morgan fingerprint density at radius 3 is 2.43 bits per heavy atom. The van der Waals surface area contributed by atoms with E-state index in [1.165, 1.54) is 0 Å². The summed E-state index contributed by atoms with van der Waals surface area (Å²) >= 11 is 0. The molecule has 1 amide bonds. The van der Waals surface area contributed by atoms with Gasteiger partial charge in [-0.1, -0.05) is 42.5 Å². The van der Waals surface area contributed by atoms with Gasteiger partial charge in [0.2, 0.25) is 5.91 Å². The maximum atomic E-state index is 15.0. The first kappa shape index (κ1) is 18.9. The van der Waals surface area contributed by atoms with E-state index in [0.29, 0.717) is 13.0 Å². The number of halogens is 1. The first-order chi connectivity index (χ1) is 13.5. The molecule has 0 aliphatic carbocycles. The van der Waals surface area contributed by atoms with E-state index in [1.54, 1.807) is 24.3 Å². The lowest BCUT2D eigenvalue weighted by Gasteiger charge is -2.38. The molecule has 2 aromatic rings. The van der Waals surface area contributed by atoms with Crippen molar-refractivity contribution in [3.05, 3.63) is 65.7 Å². The van der Waals surface area contributed by atoms with Gasteiger partial charge >= 0.3 is 0 Å². The Morgan fingerprint density at radius 1 is 1.04 bits per heavy atom. The number of nitrogens with zero attached hydrogens (tertiary/aromatic N) is 2. The number of aromatic hydroxyl groups is 1. The predicted octanol–water partition coefficient (Wildman–Crippen LogP) is 3.88. The van der Waals surface area contributed by atoms with Crippen molar-refractivity contribution < 1.29 is 14.3 Å². The average molecular weight is 382 g/mol. The Labute approximate surface area is 165 Å². The molecule has 28 heavy (non-hydrogen) atoms. The quantitative estimate of drug-likeness (QED) is 0.873. The monoisotopic (exact) mass is 382 g/mol. The lowest BCUT2D eigenvalue weighted by atomic mass is 9.87. The molecule has 4 rings (SSSR count). The summed E-state index contributed by atoms with van der Waals surface area (Å²) < 4.78 is 15.0. The van der Waals surface area contributed by atoms with E-state index in [0.717, 1.165) is 24.1 Å². The molecule has 4 nitrogen and oxygen atoms in total. The highest BCUT2D eigenvalue weighted by Crippen LogP contribution is 2.35. The third-order valence-corrected chi connectivity index (χ3v) is 6.30. The molecule has 0 spiro atoms. The van der Waals surface area contributed by atoms with Gasteiger partial charge in [-0.2, -0.15) is 0 Å². The van der Waals surface area contributed by atoms with Gasteiger partial charge in [-0.3, -0.25) is 9.69 Å². The number of phenolic OH excluding ortho intramolecular Hbond substituents is 1. The molecule has 1 N–H and O–H groups in total. The summed E-state index contributed by atoms with van der Waals surface area (Å²) in [6.45, 7) is 3.78. The van der Waals surface area contributed by atoms with Gasteiger partial charge in [0.05, 0.1) is 12.1 Å². The molecule has 2 fully saturated rings. The molecule has 0 aromatic heterocycles. The fourth-order valence-electron chi connectivity index (χ4n) is 4.63. The molecule has 2 aliphatic heterocycles. The fraction of sp³-hybridized carbons (Fsp3) is 0.435. The van der Waals surface area contributed by atoms with Crippen molar-refractivity contribution in [3.8, 4) is 5.75 Å². The number of carbonyl (C=O) groups is 1. The van der Waals surface area contributed by atoms with E-state index in [4.69, 9.17) is 0 Å². The third-order valence-electron chi connectivity index (χ3n) is 6.30. The van der Waals surface area contributed by atoms with Crippen LogP contribution in [0.3, 0.4) is 0 Å². The molecule has 148 valence electrons. The summed E-state index contributed by atoms with van der Waals surface area (Å²) in [5.74, 6) is 0.139. The molecule has 2 aromatic carbocycles. The van der Waals surface area contributed by atoms with Crippen molar-refractivity contribution in [1.82, 2.24) is 9.80 Å². The Kier molecular flexibility index (Phi) is 5.36. The summed E-state index contributed by atoms with van der Waals surface area (Å²) in [5.41, 5.74) is 2.05. The first-order valence-corrected chi connectivity index (χ1v) is 10.1. The molecule has 0 radical (unpaired) electrons. The largest absolute Gasteiger partial charge is 0.508 e. The Morgan fingerprint density at radius 2 is 1.75 bits per heavy atom. The molecule has 2 unspecified atom stereocenters. The van der Waals surface area contributed by atoms with Crippen LogP contribution in [0.25, 0.3) is 0 Å². The van der Waals surface area contributed by atoms with Crippen LogP contribution in [0, 0.1) is 0 Å². The van der Waals surface area contributed by atoms with Gasteiger partial charge in [0.1, 0.15) is 11.9 Å². The summed E-state index contributed by atoms with van der Waals surface area (Å²) in [6, 6.07) is 16.7. The van der Waals surface area contributed by atoms with Crippen molar-refractivity contribution in [2.45, 2.75) is 43.9 Å². The number of carbonyl (C=O) groups excluding carboxylic acids is 1. The van der Waals surface area contributed by atoms with Crippen LogP contribution in [0.4, 0.5) is 4.39 Å². The minimum atomic E-state index is -1.01. The normalized spacial score (nSPS) is 27.1. The number of hydrogen-bond acceptors (Lipinski definition) is 3. The smallest absolute Gasteiger partial charge is 0.240 e. The first-order valence-electron chi connectivity index (χ1n) is 10.1. The molecule has 0 saturated carbocycles. The molecule has 5 heteroatoms. The van der Waals surface area contributed by atoms with E-state index in [2.05, 4.69) is 6.92 Å². The van der Waals surface area contributed by atoms with Crippen LogP contribution >= 0.6 is 0 Å². The molecule has 2 saturated heterocycles. The Bertz CT molecular complexity index is 811. The minimum absolute atomic E-state index is 0.0365. The van der Waals surface area contributed by atoms with E-state index < -0.39 is 6.17 Å². The van der Waals surface area contributed by atoms with Crippen LogP contribution in [-0.4, -0.2) is 52.7 Å². The minimum Gasteiger partial charge on any atom is -0.508 e. The third kappa shape index (κ3) is 3.63. The molecular formula is C23H27FN2O2. The highest BCUT2D eigenvalue weighted by Gasteiger charge is 2.41. The Hall–Kier alpha value is -2.40. The molecule has 2 aliphatic rings. The van der Waals surface area contributed by atoms with Crippen LogP contribution in [0.15, 0.2) is 54.6 Å². The van der Waals surface area contributed by atoms with Gasteiger partial charge in [0, 0.05) is 19.0 Å². The number of rotatable bonds is 4. The molecule has 0 bridgehead atoms. The number of benzene rings is 2. The second kappa shape index (κ2) is 7.92. The summed E-state index contributed by atoms with van der Waals surface area (Å²) in [4.78, 5) is 17.0. The van der Waals surface area contributed by atoms with Gasteiger partial charge in [-0.05, 0) is 49.6 Å². The summed E-state index contributed by atoms with van der Waals surface area (Å²) in [6.07, 6.45) is 0.433. The average Bonchev–Trinajstić information content (AvgIpc) is 3.10. The van der Waals surface area contributed by atoms with Gasteiger partial charge < -0.3 is 10.0 Å². The molecule has 4 atom stereocenters. The van der Waals surface area contributed by atoms with Gasteiger partial charge in [0.25, 0.3) is 0 Å². The number of alkyl halides is 1. The van der Waals surface area contributed by atoms with Gasteiger partial charge in [-0.15, -0.1) is 0 Å². The zero-order chi connectivity index (χ0) is 19.7. The van der Waals surface area contributed by atoms with E-state index in [9.17, 15) is 14.3 Å². The van der Waals surface area contributed by atoms with Crippen molar-refractivity contribution in [2.24, 2.45) is 0 Å². The van der Waals surface area contributed by atoms with Crippen LogP contribution in [-0.2, 0) is 4.79 Å². The van der Waals surface area contributed by atoms with E-state index in [1.807, 2.05) is 40.1 Å². The maximum absolute atomic E-state index is 15.0. The highest BCUT2D eigenvalue weighted by atomic mass is 19.1. The van der Waals surface area contributed by atoms with Crippen molar-refractivity contribution >= 4 is 5.91 Å². The zero-order valence-electron chi connectivity index (χ0n) is 16.2. The second-order valence-electron chi connectivity index (χ2n) is 7.92. The van der Waals surface area contributed by atoms with Gasteiger partial charge in [0.15, 0.2) is 0 Å². The van der Waals surface area contributed by atoms with Crippen LogP contribution in [0.2, 0.25) is 0 Å². The topological polar surface area (TPSA) is 43.8 Å². The standard InChI is InChI=1S/C23H27FN2O2/c1-16(17-5-3-2-4-6-17)26-14-12-22(23(26)28)25-13-11-20(21(24)15-25)18-7-9-19(27)10-8-18/h2-10,16,20-22,27H,11-15H2,1H3/t16?,20-,21+,22?/m0/s1. The lowest BCUT2D eigenvalue weighted by molar-refractivity contribution is -0.134. The zero-order valence-corrected chi connectivity index (χ0v) is 16.2. The van der Waals surface area contributed by atoms with E-state index in [-0.39, 0.29) is 36.2 Å². The highest BCUT2D eigenvalue weighted by molar-refractivity contribution is 5.84. The van der Waals surface area contributed by atoms with Crippen molar-refractivity contribution in [2.75, 3.05) is 19.6 Å². The summed E-state index contributed by atoms with van der Waals surface area (Å²) in [7, 11) is 0. The van der Waals surface area contributed by atoms with Gasteiger partial charge in [-0.25, -0.2) is 4.39 Å². The van der Waals surface area contributed by atoms with Crippen LogP contribution in [0.1, 0.15) is 42.9 Å². The Balaban J connectivity index is 1.41. The summed E-state index contributed by atoms with van der Waals surface area (Å²) in [5, 5.41) is 9.44. The lowest BCUT2D eigenvalue weighted by Crippen LogP contribution is -2.49. The maximum Gasteiger partial charge on any atom is 0.240 e. The second-order valence-corrected chi connectivity index (χ2v) is 7.92. The number of piperidine rings is 1. The predicted molar refractivity (Wildman–Crippen MR) is 107 cm³/mol. The van der Waals surface area contributed by atoms with Crippen LogP contribution in [0.5, 0.6) is 5.75 Å². The van der Waals surface area contributed by atoms with E-state index >= 15 is 0 Å². The SMILES string of the molecule is CC(c1ccccc1)N1CCC(N2CC[C@@H](c3ccc(O)cc3)[C@H](F)C2)C1=O. The van der Waals surface area contributed by atoms with Crippen LogP contribution < -0.4 is 0 Å². The molecule has 2 heterocycles. The number of hydrogen-bond donors (Lipinski definition) is 1. The number of likely N-dealkylation sites (tertiary alicyclic amines) is 2. The number of amides is 1. The fourth-order valence-corrected chi connectivity index (χ4v) is 4.63. The number of phenols is 1. The van der Waals surface area contributed by atoms with Crippen molar-refractivity contribution in [3.63, 3.8) is 0 Å². The van der Waals surface area contributed by atoms with Crippen molar-refractivity contribution in [1.29, 1.82) is 0 Å². The molecular weight excluding hydrogens is 355 g/mol.